The Balaban J connectivity index is 1.96. The number of carbonyl (C=O) groups is 1. The smallest absolute Gasteiger partial charge is 0.394 e. The van der Waals surface area contributed by atoms with Crippen LogP contribution < -0.4 is 5.32 Å². The van der Waals surface area contributed by atoms with Gasteiger partial charge in [0.2, 0.25) is 0 Å². The van der Waals surface area contributed by atoms with E-state index in [1.165, 1.54) is 6.07 Å². The number of halogens is 3. The van der Waals surface area contributed by atoms with E-state index in [4.69, 9.17) is 0 Å². The lowest BCUT2D eigenvalue weighted by Gasteiger charge is -2.33. The van der Waals surface area contributed by atoms with E-state index in [9.17, 15) is 23.1 Å². The summed E-state index contributed by atoms with van der Waals surface area (Å²) in [6.45, 7) is 1.46. The number of carbonyl (C=O) groups excluding carboxylic acids is 1. The molecule has 1 aliphatic heterocycles. The molecule has 2 aromatic rings. The fourth-order valence-electron chi connectivity index (χ4n) is 3.96. The van der Waals surface area contributed by atoms with Crippen molar-refractivity contribution in [1.29, 1.82) is 0 Å². The van der Waals surface area contributed by atoms with Gasteiger partial charge in [0.15, 0.2) is 0 Å². The van der Waals surface area contributed by atoms with E-state index in [0.717, 1.165) is 11.6 Å². The Labute approximate surface area is 159 Å². The number of nitrogens with zero attached hydrogens (tertiary/aromatic N) is 2. The lowest BCUT2D eigenvalue weighted by Crippen LogP contribution is -2.46. The highest BCUT2D eigenvalue weighted by Gasteiger charge is 2.52. The highest BCUT2D eigenvalue weighted by Crippen LogP contribution is 2.48. The molecule has 1 amide bonds. The van der Waals surface area contributed by atoms with Crippen LogP contribution in [0.5, 0.6) is 0 Å². The Hall–Kier alpha value is -2.74. The van der Waals surface area contributed by atoms with Crippen LogP contribution in [-0.4, -0.2) is 34.5 Å². The van der Waals surface area contributed by atoms with Gasteiger partial charge in [0.05, 0.1) is 12.3 Å². The molecule has 2 heterocycles. The Kier molecular flexibility index (Phi) is 4.26. The summed E-state index contributed by atoms with van der Waals surface area (Å²) in [4.78, 5) is 21.3. The van der Waals surface area contributed by atoms with Crippen molar-refractivity contribution in [2.75, 3.05) is 6.61 Å². The maximum absolute atomic E-state index is 13.4. The van der Waals surface area contributed by atoms with Crippen LogP contribution in [0.4, 0.5) is 13.2 Å². The van der Waals surface area contributed by atoms with E-state index >= 15 is 0 Å². The zero-order valence-corrected chi connectivity index (χ0v) is 15.0. The van der Waals surface area contributed by atoms with Gasteiger partial charge in [-0.2, -0.15) is 18.2 Å². The number of nitrogens with one attached hydrogen (secondary N) is 1. The first-order valence-electron chi connectivity index (χ1n) is 8.95. The predicted molar refractivity (Wildman–Crippen MR) is 96.0 cm³/mol. The minimum atomic E-state index is -4.63. The highest BCUT2D eigenvalue weighted by atomic mass is 19.4. The second-order valence-corrected chi connectivity index (χ2v) is 7.15. The van der Waals surface area contributed by atoms with Crippen LogP contribution in [0.2, 0.25) is 0 Å². The summed E-state index contributed by atoms with van der Waals surface area (Å²) in [6, 6.07) is 9.00. The first kappa shape index (κ1) is 18.6. The molecule has 1 aliphatic carbocycles. The van der Waals surface area contributed by atoms with Gasteiger partial charge in [-0.1, -0.05) is 24.3 Å². The van der Waals surface area contributed by atoms with Gasteiger partial charge >= 0.3 is 6.18 Å². The molecule has 0 saturated carbocycles. The molecule has 1 aromatic carbocycles. The van der Waals surface area contributed by atoms with Crippen LogP contribution in [0.3, 0.4) is 0 Å². The molecule has 1 spiro atoms. The van der Waals surface area contributed by atoms with E-state index in [1.54, 1.807) is 19.1 Å². The topological polar surface area (TPSA) is 74.6 Å². The van der Waals surface area contributed by atoms with Crippen molar-refractivity contribution >= 4 is 11.7 Å². The van der Waals surface area contributed by atoms with Crippen molar-refractivity contribution in [1.82, 2.24) is 10.3 Å². The number of aliphatic imine (C=N–C) groups is 1. The molecular weight excluding hydrogens is 371 g/mol. The molecule has 0 fully saturated rings. The zero-order valence-electron chi connectivity index (χ0n) is 15.0. The molecule has 0 radical (unpaired) electrons. The van der Waals surface area contributed by atoms with E-state index in [1.807, 2.05) is 12.1 Å². The number of rotatable bonds is 2. The van der Waals surface area contributed by atoms with Crippen LogP contribution in [0.15, 0.2) is 41.4 Å². The normalized spacial score (nSPS) is 21.9. The SMILES string of the molecule is C[C@H](CO)NC1=NC(=O)[C@@]2(CCc3ccccc32)c2nc(C(F)(F)F)ccc21. The molecule has 2 N–H and O–H groups in total. The van der Waals surface area contributed by atoms with E-state index in [0.29, 0.717) is 24.0 Å². The minimum Gasteiger partial charge on any atom is -0.394 e. The van der Waals surface area contributed by atoms with Gasteiger partial charge < -0.3 is 10.4 Å². The van der Waals surface area contributed by atoms with Crippen molar-refractivity contribution in [3.63, 3.8) is 0 Å². The molecule has 2 atom stereocenters. The first-order chi connectivity index (χ1) is 13.3. The third-order valence-corrected chi connectivity index (χ3v) is 5.33. The third-order valence-electron chi connectivity index (χ3n) is 5.33. The summed E-state index contributed by atoms with van der Waals surface area (Å²) in [6.07, 6.45) is -3.75. The van der Waals surface area contributed by atoms with Gasteiger partial charge in [0, 0.05) is 11.6 Å². The second-order valence-electron chi connectivity index (χ2n) is 7.15. The number of amidine groups is 1. The van der Waals surface area contributed by atoms with Gasteiger partial charge in [-0.15, -0.1) is 0 Å². The Morgan fingerprint density at radius 1 is 1.25 bits per heavy atom. The average Bonchev–Trinajstić information content (AvgIpc) is 3.05. The number of fused-ring (bicyclic) bond motifs is 4. The maximum Gasteiger partial charge on any atom is 0.433 e. The number of hydrogen-bond donors (Lipinski definition) is 2. The van der Waals surface area contributed by atoms with Crippen LogP contribution in [0.25, 0.3) is 0 Å². The number of amides is 1. The Morgan fingerprint density at radius 3 is 2.71 bits per heavy atom. The summed E-state index contributed by atoms with van der Waals surface area (Å²) in [5, 5.41) is 12.2. The number of alkyl halides is 3. The van der Waals surface area contributed by atoms with Crippen LogP contribution in [0.1, 0.15) is 41.4 Å². The van der Waals surface area contributed by atoms with Crippen molar-refractivity contribution in [2.24, 2.45) is 4.99 Å². The number of aryl methyl sites for hydroxylation is 1. The molecule has 0 unspecified atom stereocenters. The molecule has 1 aromatic heterocycles. The van der Waals surface area contributed by atoms with Crippen molar-refractivity contribution in [2.45, 2.75) is 37.4 Å². The maximum atomic E-state index is 13.4. The molecule has 28 heavy (non-hydrogen) atoms. The van der Waals surface area contributed by atoms with Gasteiger partial charge in [-0.05, 0) is 43.0 Å². The number of aliphatic hydroxyl groups is 1. The van der Waals surface area contributed by atoms with E-state index < -0.39 is 29.2 Å². The van der Waals surface area contributed by atoms with Crippen LogP contribution >= 0.6 is 0 Å². The molecule has 146 valence electrons. The number of aliphatic hydroxyl groups excluding tert-OH is 1. The highest BCUT2D eigenvalue weighted by molar-refractivity contribution is 6.13. The summed E-state index contributed by atoms with van der Waals surface area (Å²) in [7, 11) is 0. The minimum absolute atomic E-state index is 0.0694. The molecule has 0 saturated heterocycles. The molecule has 5 nitrogen and oxygen atoms in total. The summed E-state index contributed by atoms with van der Waals surface area (Å²) < 4.78 is 40.1. The zero-order chi connectivity index (χ0) is 20.1. The van der Waals surface area contributed by atoms with Gasteiger partial charge in [-0.25, -0.2) is 4.98 Å². The predicted octanol–water partition coefficient (Wildman–Crippen LogP) is 2.59. The summed E-state index contributed by atoms with van der Waals surface area (Å²) in [5.41, 5.74) is -0.368. The monoisotopic (exact) mass is 389 g/mol. The Bertz CT molecular complexity index is 987. The molecule has 2 aliphatic rings. The molecular formula is C20H18F3N3O2. The number of aromatic nitrogens is 1. The van der Waals surface area contributed by atoms with Crippen LogP contribution in [-0.2, 0) is 22.8 Å². The fourth-order valence-corrected chi connectivity index (χ4v) is 3.96. The van der Waals surface area contributed by atoms with Gasteiger partial charge in [-0.3, -0.25) is 4.79 Å². The molecule has 4 rings (SSSR count). The van der Waals surface area contributed by atoms with Crippen molar-refractivity contribution < 1.29 is 23.1 Å². The fraction of sp³-hybridized carbons (Fsp3) is 0.350. The summed E-state index contributed by atoms with van der Waals surface area (Å²) in [5.74, 6) is -0.401. The van der Waals surface area contributed by atoms with Crippen molar-refractivity contribution in [3.05, 3.63) is 64.5 Å². The largest absolute Gasteiger partial charge is 0.433 e. The number of pyridine rings is 1. The molecule has 0 bridgehead atoms. The standard InChI is InChI=1S/C20H18F3N3O2/c1-11(10-27)24-17-13-6-7-15(20(21,22)23)25-16(13)19(18(28)26-17)9-8-12-4-2-3-5-14(12)19/h2-7,11,27H,8-10H2,1H3,(H,24,26,28)/t11-,19-/m1/s1. The summed E-state index contributed by atoms with van der Waals surface area (Å²) >= 11 is 0. The molecule has 8 heteroatoms. The van der Waals surface area contributed by atoms with Gasteiger partial charge in [0.25, 0.3) is 5.91 Å². The number of benzene rings is 1. The van der Waals surface area contributed by atoms with Crippen LogP contribution in [0, 0.1) is 0 Å². The lowest BCUT2D eigenvalue weighted by molar-refractivity contribution is -0.141. The first-order valence-corrected chi connectivity index (χ1v) is 8.95. The van der Waals surface area contributed by atoms with Crippen molar-refractivity contribution in [3.8, 4) is 0 Å². The van der Waals surface area contributed by atoms with Gasteiger partial charge in [0.1, 0.15) is 16.9 Å². The number of hydrogen-bond acceptors (Lipinski definition) is 4. The Morgan fingerprint density at radius 2 is 2.00 bits per heavy atom. The third kappa shape index (κ3) is 2.71. The average molecular weight is 389 g/mol. The second kappa shape index (κ2) is 6.41. The van der Waals surface area contributed by atoms with E-state index in [-0.39, 0.29) is 18.1 Å². The lowest BCUT2D eigenvalue weighted by atomic mass is 9.74. The van der Waals surface area contributed by atoms with E-state index in [2.05, 4.69) is 15.3 Å². The quantitative estimate of drug-likeness (QED) is 0.828.